The Morgan fingerprint density at radius 2 is 1.67 bits per heavy atom. The Morgan fingerprint density at radius 3 is 2.47 bits per heavy atom. The van der Waals surface area contributed by atoms with Gasteiger partial charge in [0.05, 0.1) is 6.04 Å². The first-order chi connectivity index (χ1) is 14.8. The molecule has 3 aliphatic rings. The van der Waals surface area contributed by atoms with Crippen molar-refractivity contribution in [2.24, 2.45) is 11.8 Å². The number of rotatable bonds is 3. The zero-order valence-corrected chi connectivity index (χ0v) is 17.3. The number of para-hydroxylation sites is 1. The summed E-state index contributed by atoms with van der Waals surface area (Å²) < 4.78 is 0. The van der Waals surface area contributed by atoms with Crippen LogP contribution in [0.4, 0.5) is 0 Å². The highest BCUT2D eigenvalue weighted by Gasteiger charge is 2.50. The van der Waals surface area contributed by atoms with Gasteiger partial charge in [-0.25, -0.2) is 0 Å². The fourth-order valence-electron chi connectivity index (χ4n) is 6.28. The summed E-state index contributed by atoms with van der Waals surface area (Å²) in [7, 11) is 0. The molecular formula is C26H29N3O. The van der Waals surface area contributed by atoms with Crippen molar-refractivity contribution in [3.05, 3.63) is 71.9 Å². The number of likely N-dealkylation sites (tertiary alicyclic amines) is 2. The van der Waals surface area contributed by atoms with E-state index in [0.29, 0.717) is 17.5 Å². The molecular weight excluding hydrogens is 370 g/mol. The lowest BCUT2D eigenvalue weighted by Gasteiger charge is -2.31. The van der Waals surface area contributed by atoms with Crippen LogP contribution in [0, 0.1) is 11.8 Å². The molecule has 3 atom stereocenters. The minimum absolute atomic E-state index is 0.141. The van der Waals surface area contributed by atoms with Crippen LogP contribution in [0.2, 0.25) is 0 Å². The van der Waals surface area contributed by atoms with Crippen molar-refractivity contribution in [2.75, 3.05) is 19.6 Å². The van der Waals surface area contributed by atoms with Gasteiger partial charge in [-0.15, -0.1) is 0 Å². The summed E-state index contributed by atoms with van der Waals surface area (Å²) in [5.41, 5.74) is 3.02. The van der Waals surface area contributed by atoms with Gasteiger partial charge in [-0.3, -0.25) is 9.69 Å². The van der Waals surface area contributed by atoms with Crippen molar-refractivity contribution in [1.82, 2.24) is 14.8 Å². The third kappa shape index (κ3) is 2.97. The monoisotopic (exact) mass is 399 g/mol. The van der Waals surface area contributed by atoms with Crippen LogP contribution in [-0.2, 0) is 0 Å². The Hall–Kier alpha value is -2.59. The van der Waals surface area contributed by atoms with Crippen LogP contribution in [-0.4, -0.2) is 46.4 Å². The van der Waals surface area contributed by atoms with Gasteiger partial charge in [0.25, 0.3) is 5.91 Å². The van der Waals surface area contributed by atoms with E-state index in [0.717, 1.165) is 36.6 Å². The second kappa shape index (κ2) is 7.28. The molecule has 1 aromatic heterocycles. The number of H-pyrrole nitrogens is 1. The lowest BCUT2D eigenvalue weighted by atomic mass is 9.89. The number of aromatic nitrogens is 1. The lowest BCUT2D eigenvalue weighted by molar-refractivity contribution is 0.0688. The normalized spacial score (nSPS) is 27.2. The van der Waals surface area contributed by atoms with Crippen LogP contribution in [0.1, 0.15) is 47.8 Å². The van der Waals surface area contributed by atoms with E-state index in [2.05, 4.69) is 51.2 Å². The molecule has 4 heteroatoms. The second-order valence-corrected chi connectivity index (χ2v) is 9.40. The summed E-state index contributed by atoms with van der Waals surface area (Å²) in [5.74, 6) is 1.24. The van der Waals surface area contributed by atoms with Crippen molar-refractivity contribution < 1.29 is 4.79 Å². The van der Waals surface area contributed by atoms with Crippen LogP contribution in [0.15, 0.2) is 60.7 Å². The lowest BCUT2D eigenvalue weighted by Crippen LogP contribution is -2.38. The van der Waals surface area contributed by atoms with E-state index in [-0.39, 0.29) is 11.9 Å². The molecule has 0 radical (unpaired) electrons. The number of fused-ring (bicyclic) bond motifs is 2. The highest BCUT2D eigenvalue weighted by Crippen LogP contribution is 2.47. The molecule has 3 aromatic rings. The van der Waals surface area contributed by atoms with Crippen LogP contribution in [0.25, 0.3) is 10.9 Å². The minimum Gasteiger partial charge on any atom is -0.351 e. The number of aromatic amines is 1. The molecule has 3 fully saturated rings. The summed E-state index contributed by atoms with van der Waals surface area (Å²) >= 11 is 0. The van der Waals surface area contributed by atoms with Gasteiger partial charge >= 0.3 is 0 Å². The van der Waals surface area contributed by atoms with Crippen LogP contribution in [0.5, 0.6) is 0 Å². The van der Waals surface area contributed by atoms with Gasteiger partial charge in [0.15, 0.2) is 0 Å². The molecule has 0 spiro atoms. The van der Waals surface area contributed by atoms with Crippen molar-refractivity contribution in [1.29, 1.82) is 0 Å². The molecule has 0 bridgehead atoms. The van der Waals surface area contributed by atoms with Crippen LogP contribution < -0.4 is 0 Å². The van der Waals surface area contributed by atoms with Crippen LogP contribution >= 0.6 is 0 Å². The van der Waals surface area contributed by atoms with E-state index in [1.165, 1.54) is 31.2 Å². The fourth-order valence-corrected chi connectivity index (χ4v) is 6.28. The van der Waals surface area contributed by atoms with Gasteiger partial charge in [-0.2, -0.15) is 0 Å². The molecule has 1 N–H and O–H groups in total. The van der Waals surface area contributed by atoms with E-state index in [1.54, 1.807) is 0 Å². The van der Waals surface area contributed by atoms with Crippen molar-refractivity contribution in [3.8, 4) is 0 Å². The summed E-state index contributed by atoms with van der Waals surface area (Å²) in [6.45, 7) is 3.14. The molecule has 3 heterocycles. The number of benzene rings is 2. The predicted molar refractivity (Wildman–Crippen MR) is 119 cm³/mol. The minimum atomic E-state index is 0.141. The highest BCUT2D eigenvalue weighted by atomic mass is 16.2. The maximum atomic E-state index is 13.7. The smallest absolute Gasteiger partial charge is 0.270 e. The second-order valence-electron chi connectivity index (χ2n) is 9.40. The van der Waals surface area contributed by atoms with Crippen LogP contribution in [0.3, 0.4) is 0 Å². The van der Waals surface area contributed by atoms with E-state index in [4.69, 9.17) is 0 Å². The average Bonchev–Trinajstić information content (AvgIpc) is 3.56. The van der Waals surface area contributed by atoms with E-state index in [1.807, 2.05) is 24.3 Å². The Labute approximate surface area is 177 Å². The van der Waals surface area contributed by atoms with Gasteiger partial charge in [0, 0.05) is 42.5 Å². The molecule has 1 saturated carbocycles. The van der Waals surface area contributed by atoms with E-state index >= 15 is 0 Å². The molecule has 2 aromatic carbocycles. The van der Waals surface area contributed by atoms with Crippen molar-refractivity contribution >= 4 is 16.8 Å². The molecule has 2 aliphatic heterocycles. The van der Waals surface area contributed by atoms with Gasteiger partial charge in [0.2, 0.25) is 0 Å². The van der Waals surface area contributed by atoms with E-state index < -0.39 is 0 Å². The summed E-state index contributed by atoms with van der Waals surface area (Å²) in [6.07, 6.45) is 5.47. The molecule has 30 heavy (non-hydrogen) atoms. The number of carbonyl (C=O) groups excluding carboxylic acids is 1. The summed E-state index contributed by atoms with van der Waals surface area (Å²) in [5, 5.41) is 1.10. The molecule has 154 valence electrons. The number of hydrogen-bond donors (Lipinski definition) is 1. The maximum Gasteiger partial charge on any atom is 0.270 e. The first-order valence-electron chi connectivity index (χ1n) is 11.5. The largest absolute Gasteiger partial charge is 0.351 e. The first-order valence-corrected chi connectivity index (χ1v) is 11.5. The Morgan fingerprint density at radius 1 is 0.900 bits per heavy atom. The van der Waals surface area contributed by atoms with E-state index in [9.17, 15) is 4.79 Å². The van der Waals surface area contributed by atoms with Gasteiger partial charge < -0.3 is 9.88 Å². The van der Waals surface area contributed by atoms with Gasteiger partial charge in [-0.1, -0.05) is 61.4 Å². The predicted octanol–water partition coefficient (Wildman–Crippen LogP) is 4.86. The Bertz CT molecular complexity index is 1020. The number of nitrogens with zero attached hydrogens (tertiary/aromatic N) is 2. The first kappa shape index (κ1) is 18.2. The quantitative estimate of drug-likeness (QED) is 0.683. The molecule has 6 rings (SSSR count). The highest BCUT2D eigenvalue weighted by molar-refractivity contribution is 5.98. The van der Waals surface area contributed by atoms with Crippen molar-refractivity contribution in [3.63, 3.8) is 0 Å². The molecule has 2 saturated heterocycles. The zero-order chi connectivity index (χ0) is 20.1. The zero-order valence-electron chi connectivity index (χ0n) is 17.3. The fraction of sp³-hybridized carbons (Fsp3) is 0.423. The topological polar surface area (TPSA) is 39.3 Å². The third-order valence-electron chi connectivity index (χ3n) is 7.70. The summed E-state index contributed by atoms with van der Waals surface area (Å²) in [6, 6.07) is 21.8. The molecule has 0 unspecified atom stereocenters. The number of carbonyl (C=O) groups is 1. The third-order valence-corrected chi connectivity index (χ3v) is 7.70. The Kier molecular flexibility index (Phi) is 4.41. The average molecular weight is 400 g/mol. The van der Waals surface area contributed by atoms with Gasteiger partial charge in [-0.05, 0) is 36.5 Å². The maximum absolute atomic E-state index is 13.7. The summed E-state index contributed by atoms with van der Waals surface area (Å²) in [4.78, 5) is 21.9. The standard InChI is InChI=1S/C26H29N3O/c30-26(24-14-19-10-4-7-13-23(19)27-24)29-16-20-15-28(21-11-5-6-12-21)17-22(20)25(29)18-8-2-1-3-9-18/h1-4,7-10,13-14,20-22,25,27H,5-6,11-12,15-17H2/t20-,22-,25+/m0/s1. The number of amides is 1. The SMILES string of the molecule is O=C(c1cc2ccccc2[nH]1)N1C[C@@H]2CN(C3CCCC3)C[C@@H]2[C@H]1c1ccccc1. The molecule has 1 aliphatic carbocycles. The number of hydrogen-bond acceptors (Lipinski definition) is 2. The van der Waals surface area contributed by atoms with Gasteiger partial charge in [0.1, 0.15) is 5.69 Å². The van der Waals surface area contributed by atoms with Crippen molar-refractivity contribution in [2.45, 2.75) is 37.8 Å². The Balaban J connectivity index is 1.32. The molecule has 4 nitrogen and oxygen atoms in total. The number of nitrogens with one attached hydrogen (secondary N) is 1. The molecule has 1 amide bonds.